The zero-order valence-electron chi connectivity index (χ0n) is 21.8. The van der Waals surface area contributed by atoms with Crippen LogP contribution in [0.1, 0.15) is 34.0 Å². The number of rotatable bonds is 8. The summed E-state index contributed by atoms with van der Waals surface area (Å²) >= 11 is 6.30. The predicted octanol–water partition coefficient (Wildman–Crippen LogP) is 5.25. The smallest absolute Gasteiger partial charge is 0.271 e. The Morgan fingerprint density at radius 3 is 2.35 bits per heavy atom. The molecule has 10 heteroatoms. The highest BCUT2D eigenvalue weighted by molar-refractivity contribution is 6.31. The lowest BCUT2D eigenvalue weighted by Gasteiger charge is -2.37. The number of methoxy groups -OCH3 is 1. The lowest BCUT2D eigenvalue weighted by Crippen LogP contribution is -2.47. The fourth-order valence-electron chi connectivity index (χ4n) is 4.71. The monoisotopic (exact) mass is 567 g/mol. The van der Waals surface area contributed by atoms with E-state index in [0.29, 0.717) is 12.2 Å². The third-order valence-corrected chi connectivity index (χ3v) is 7.12. The number of benzene rings is 2. The summed E-state index contributed by atoms with van der Waals surface area (Å²) in [5.74, 6) is 1.45. The van der Waals surface area contributed by atoms with Gasteiger partial charge in [0, 0.05) is 49.1 Å². The Morgan fingerprint density at radius 2 is 1.70 bits per heavy atom. The zero-order chi connectivity index (χ0) is 24.9. The van der Waals surface area contributed by atoms with Gasteiger partial charge in [-0.25, -0.2) is 4.98 Å². The average molecular weight is 569 g/mol. The number of hydrogen-bond donors (Lipinski definition) is 1. The molecule has 2 aromatic carbocycles. The first-order chi connectivity index (χ1) is 16.9. The number of imidazole rings is 1. The molecule has 7 nitrogen and oxygen atoms in total. The topological polar surface area (TPSA) is 62.6 Å². The van der Waals surface area contributed by atoms with Gasteiger partial charge in [0.05, 0.1) is 12.8 Å². The Labute approximate surface area is 237 Å². The van der Waals surface area contributed by atoms with Crippen LogP contribution in [0.15, 0.2) is 42.5 Å². The van der Waals surface area contributed by atoms with Crippen LogP contribution in [0.25, 0.3) is 5.69 Å². The van der Waals surface area contributed by atoms with Crippen LogP contribution in [-0.2, 0) is 0 Å². The van der Waals surface area contributed by atoms with Gasteiger partial charge in [0.25, 0.3) is 5.91 Å². The molecule has 1 aliphatic rings. The Morgan fingerprint density at radius 1 is 1.03 bits per heavy atom. The summed E-state index contributed by atoms with van der Waals surface area (Å²) in [7, 11) is 1.65. The predicted molar refractivity (Wildman–Crippen MR) is 156 cm³/mol. The molecule has 0 aliphatic carbocycles. The van der Waals surface area contributed by atoms with E-state index >= 15 is 0 Å². The van der Waals surface area contributed by atoms with E-state index in [1.165, 1.54) is 5.69 Å². The minimum Gasteiger partial charge on any atom is -0.497 e. The Hall–Kier alpha value is -2.45. The molecule has 0 saturated carbocycles. The van der Waals surface area contributed by atoms with Crippen molar-refractivity contribution in [2.45, 2.75) is 27.2 Å². The summed E-state index contributed by atoms with van der Waals surface area (Å²) in [5, 5.41) is 3.87. The van der Waals surface area contributed by atoms with Crippen LogP contribution in [0.2, 0.25) is 5.02 Å². The third-order valence-electron chi connectivity index (χ3n) is 6.71. The zero-order valence-corrected chi connectivity index (χ0v) is 24.2. The lowest BCUT2D eigenvalue weighted by atomic mass is 10.1. The standard InChI is InChI=1S/C27H34ClN5O2.2ClH/c1-19-24(28)7-5-8-25(19)32-17-15-31(16-18-32)14-6-13-29-27(34)26-20(2)33(21(3)30-26)22-9-11-23(35-4)12-10-22;;/h5,7-12H,6,13-18H2,1-4H3,(H,29,34);2*1H. The minimum atomic E-state index is -0.126. The number of anilines is 1. The number of halogens is 3. The Bertz CT molecular complexity index is 1180. The summed E-state index contributed by atoms with van der Waals surface area (Å²) in [6, 6.07) is 13.9. The van der Waals surface area contributed by atoms with Crippen molar-refractivity contribution in [3.8, 4) is 11.4 Å². The number of carbonyl (C=O) groups is 1. The summed E-state index contributed by atoms with van der Waals surface area (Å²) in [4.78, 5) is 22.2. The quantitative estimate of drug-likeness (QED) is 0.376. The summed E-state index contributed by atoms with van der Waals surface area (Å²) in [6.07, 6.45) is 0.902. The van der Waals surface area contributed by atoms with Crippen molar-refractivity contribution < 1.29 is 9.53 Å². The van der Waals surface area contributed by atoms with Gasteiger partial charge in [-0.3, -0.25) is 9.69 Å². The minimum absolute atomic E-state index is 0. The second kappa shape index (κ2) is 13.9. The van der Waals surface area contributed by atoms with Crippen LogP contribution in [0.4, 0.5) is 5.69 Å². The van der Waals surface area contributed by atoms with Crippen LogP contribution < -0.4 is 15.0 Å². The van der Waals surface area contributed by atoms with Crippen LogP contribution in [0.5, 0.6) is 5.75 Å². The van der Waals surface area contributed by atoms with E-state index in [0.717, 1.165) is 72.7 Å². The number of ether oxygens (including phenoxy) is 1. The molecule has 1 N–H and O–H groups in total. The molecule has 3 aromatic rings. The van der Waals surface area contributed by atoms with Crippen LogP contribution in [0.3, 0.4) is 0 Å². The summed E-state index contributed by atoms with van der Waals surface area (Å²) in [5.41, 5.74) is 4.63. The number of nitrogens with one attached hydrogen (secondary N) is 1. The maximum absolute atomic E-state index is 12.8. The van der Waals surface area contributed by atoms with Gasteiger partial charge in [0.2, 0.25) is 0 Å². The molecule has 1 saturated heterocycles. The third kappa shape index (κ3) is 7.11. The molecule has 202 valence electrons. The van der Waals surface area contributed by atoms with Gasteiger partial charge in [0.1, 0.15) is 17.3 Å². The molecule has 37 heavy (non-hydrogen) atoms. The summed E-state index contributed by atoms with van der Waals surface area (Å²) in [6.45, 7) is 11.5. The van der Waals surface area contributed by atoms with E-state index < -0.39 is 0 Å². The molecule has 1 amide bonds. The van der Waals surface area contributed by atoms with Crippen molar-refractivity contribution in [3.05, 3.63) is 70.3 Å². The highest BCUT2D eigenvalue weighted by atomic mass is 35.5. The molecule has 0 unspecified atom stereocenters. The molecular weight excluding hydrogens is 533 g/mol. The number of hydrogen-bond acceptors (Lipinski definition) is 5. The van der Waals surface area contributed by atoms with Gasteiger partial charge in [-0.05, 0) is 75.7 Å². The normalized spacial score (nSPS) is 13.5. The summed E-state index contributed by atoms with van der Waals surface area (Å²) < 4.78 is 7.24. The van der Waals surface area contributed by atoms with Gasteiger partial charge >= 0.3 is 0 Å². The maximum Gasteiger partial charge on any atom is 0.271 e. The van der Waals surface area contributed by atoms with Crippen molar-refractivity contribution in [3.63, 3.8) is 0 Å². The van der Waals surface area contributed by atoms with Crippen molar-refractivity contribution in [2.24, 2.45) is 0 Å². The molecule has 0 atom stereocenters. The molecular formula is C27H36Cl3N5O2. The van der Waals surface area contributed by atoms with E-state index in [4.69, 9.17) is 16.3 Å². The van der Waals surface area contributed by atoms with Crippen LogP contribution in [-0.4, -0.2) is 66.7 Å². The van der Waals surface area contributed by atoms with Gasteiger partial charge in [-0.15, -0.1) is 24.8 Å². The molecule has 1 fully saturated rings. The van der Waals surface area contributed by atoms with Crippen molar-refractivity contribution in [1.82, 2.24) is 19.8 Å². The van der Waals surface area contributed by atoms with E-state index in [2.05, 4.69) is 33.1 Å². The number of aromatic nitrogens is 2. The number of nitrogens with zero attached hydrogens (tertiary/aromatic N) is 4. The molecule has 1 aliphatic heterocycles. The van der Waals surface area contributed by atoms with E-state index in [-0.39, 0.29) is 30.7 Å². The molecule has 2 heterocycles. The van der Waals surface area contributed by atoms with Crippen LogP contribution in [0, 0.1) is 20.8 Å². The number of amides is 1. The van der Waals surface area contributed by atoms with E-state index in [1.807, 2.05) is 54.8 Å². The Kier molecular flexibility index (Phi) is 11.6. The van der Waals surface area contributed by atoms with Gasteiger partial charge in [-0.1, -0.05) is 17.7 Å². The van der Waals surface area contributed by atoms with Crippen molar-refractivity contribution >= 4 is 48.0 Å². The largest absolute Gasteiger partial charge is 0.497 e. The number of piperazine rings is 1. The van der Waals surface area contributed by atoms with E-state index in [9.17, 15) is 4.79 Å². The first-order valence-corrected chi connectivity index (χ1v) is 12.5. The van der Waals surface area contributed by atoms with Crippen molar-refractivity contribution in [1.29, 1.82) is 0 Å². The molecule has 0 bridgehead atoms. The molecule has 1 aromatic heterocycles. The fraction of sp³-hybridized carbons (Fsp3) is 0.407. The first-order valence-electron chi connectivity index (χ1n) is 12.1. The Balaban J connectivity index is 0.00000241. The average Bonchev–Trinajstić information content (AvgIpc) is 3.17. The first kappa shape index (κ1) is 30.8. The second-order valence-electron chi connectivity index (χ2n) is 8.95. The highest BCUT2D eigenvalue weighted by Gasteiger charge is 2.20. The highest BCUT2D eigenvalue weighted by Crippen LogP contribution is 2.27. The number of carbonyl (C=O) groups excluding carboxylic acids is 1. The van der Waals surface area contributed by atoms with Gasteiger partial charge in [-0.2, -0.15) is 0 Å². The molecule has 0 radical (unpaired) electrons. The number of aryl methyl sites for hydroxylation is 1. The molecule has 4 rings (SSSR count). The van der Waals surface area contributed by atoms with Crippen molar-refractivity contribution in [2.75, 3.05) is 51.3 Å². The molecule has 0 spiro atoms. The van der Waals surface area contributed by atoms with Crippen LogP contribution >= 0.6 is 36.4 Å². The second-order valence-corrected chi connectivity index (χ2v) is 9.36. The lowest BCUT2D eigenvalue weighted by molar-refractivity contribution is 0.0946. The fourth-order valence-corrected chi connectivity index (χ4v) is 4.88. The SMILES string of the molecule is COc1ccc(-n2c(C)nc(C(=O)NCCCN3CCN(c4cccc(Cl)c4C)CC3)c2C)cc1.Cl.Cl. The maximum atomic E-state index is 12.8. The van der Waals surface area contributed by atoms with E-state index in [1.54, 1.807) is 7.11 Å². The van der Waals surface area contributed by atoms with Gasteiger partial charge in [0.15, 0.2) is 0 Å². The van der Waals surface area contributed by atoms with Gasteiger partial charge < -0.3 is 19.5 Å².